The monoisotopic (exact) mass is 579 g/mol. The second kappa shape index (κ2) is 12.2. The molecule has 10 nitrogen and oxygen atoms in total. The summed E-state index contributed by atoms with van der Waals surface area (Å²) in [5.74, 6) is -0.468. The Morgan fingerprint density at radius 3 is 2.89 bits per heavy atom. The number of nitrogens with zero attached hydrogens (tertiary/aromatic N) is 2. The van der Waals surface area contributed by atoms with E-state index in [0.29, 0.717) is 16.3 Å². The van der Waals surface area contributed by atoms with E-state index in [1.54, 1.807) is 6.92 Å². The molecule has 0 saturated heterocycles. The van der Waals surface area contributed by atoms with Crippen molar-refractivity contribution in [3.05, 3.63) is 73.8 Å². The van der Waals surface area contributed by atoms with E-state index in [2.05, 4.69) is 30.9 Å². The highest BCUT2D eigenvalue weighted by Gasteiger charge is 2.27. The third-order valence-electron chi connectivity index (χ3n) is 6.60. The normalized spacial score (nSPS) is 17.0. The van der Waals surface area contributed by atoms with E-state index in [9.17, 15) is 18.3 Å². The van der Waals surface area contributed by atoms with Crippen molar-refractivity contribution in [1.82, 2.24) is 15.3 Å². The summed E-state index contributed by atoms with van der Waals surface area (Å²) in [6.07, 6.45) is 3.14. The quantitative estimate of drug-likeness (QED) is 0.251. The zero-order chi connectivity index (χ0) is 27.4. The first-order valence-corrected chi connectivity index (χ1v) is 14.8. The lowest BCUT2D eigenvalue weighted by Crippen LogP contribution is -2.33. The Hall–Kier alpha value is -2.45. The summed E-state index contributed by atoms with van der Waals surface area (Å²) < 4.78 is 26.8. The number of anilines is 1. The Labute approximate surface area is 230 Å². The lowest BCUT2D eigenvalue weighted by molar-refractivity contribution is 0.0839. The van der Waals surface area contributed by atoms with Gasteiger partial charge in [-0.25, -0.2) is 15.1 Å². The van der Waals surface area contributed by atoms with Gasteiger partial charge >= 0.3 is 10.3 Å². The number of aryl methyl sites for hydroxylation is 1. The molecule has 5 N–H and O–H groups in total. The van der Waals surface area contributed by atoms with E-state index in [0.717, 1.165) is 29.0 Å². The molecule has 3 aromatic rings. The lowest BCUT2D eigenvalue weighted by atomic mass is 9.90. The maximum Gasteiger partial charge on any atom is 0.333 e. The summed E-state index contributed by atoms with van der Waals surface area (Å²) in [5, 5.41) is 22.7. The average Bonchev–Trinajstić information content (AvgIpc) is 3.27. The van der Waals surface area contributed by atoms with Gasteiger partial charge < -0.3 is 15.7 Å². The molecular weight excluding hydrogens is 550 g/mol. The summed E-state index contributed by atoms with van der Waals surface area (Å²) in [4.78, 5) is 23.3. The van der Waals surface area contributed by atoms with E-state index in [-0.39, 0.29) is 36.4 Å². The summed E-state index contributed by atoms with van der Waals surface area (Å²) in [5.41, 5.74) is 3.63. The van der Waals surface area contributed by atoms with Gasteiger partial charge in [-0.15, -0.1) is 11.3 Å². The summed E-state index contributed by atoms with van der Waals surface area (Å²) in [6, 6.07) is 7.76. The zero-order valence-corrected chi connectivity index (χ0v) is 23.4. The molecule has 4 rings (SSSR count). The van der Waals surface area contributed by atoms with Crippen molar-refractivity contribution in [2.75, 3.05) is 25.0 Å². The highest BCUT2D eigenvalue weighted by molar-refractivity contribution is 7.84. The lowest BCUT2D eigenvalue weighted by Gasteiger charge is -2.27. The van der Waals surface area contributed by atoms with Gasteiger partial charge in [0.2, 0.25) is 5.78 Å². The number of aliphatic hydroxyl groups excluding tert-OH is 1. The Morgan fingerprint density at radius 1 is 1.37 bits per heavy atom. The van der Waals surface area contributed by atoms with Crippen LogP contribution in [0.1, 0.15) is 56.2 Å². The second-order valence-corrected chi connectivity index (χ2v) is 12.0. The molecule has 38 heavy (non-hydrogen) atoms. The summed E-state index contributed by atoms with van der Waals surface area (Å²) in [7, 11) is -4.11. The number of fused-ring (bicyclic) bond motifs is 1. The number of nitrogens with two attached hydrogens (primary N) is 1. The molecule has 1 aromatic carbocycles. The number of aromatic nitrogens is 2. The number of thiophene rings is 1. The van der Waals surface area contributed by atoms with Crippen molar-refractivity contribution in [2.24, 2.45) is 11.1 Å². The molecule has 0 fully saturated rings. The van der Waals surface area contributed by atoms with Crippen molar-refractivity contribution in [3.8, 4) is 0 Å². The second-order valence-electron chi connectivity index (χ2n) is 9.11. The predicted molar refractivity (Wildman–Crippen MR) is 147 cm³/mol. The fourth-order valence-electron chi connectivity index (χ4n) is 4.52. The minimum Gasteiger partial charge on any atom is -0.391 e. The van der Waals surface area contributed by atoms with Gasteiger partial charge in [0.1, 0.15) is 12.1 Å². The molecule has 13 heteroatoms. The van der Waals surface area contributed by atoms with Crippen LogP contribution >= 0.6 is 22.9 Å². The minimum atomic E-state index is -4.11. The number of hydrogen-bond acceptors (Lipinski definition) is 10. The highest BCUT2D eigenvalue weighted by atomic mass is 35.5. The zero-order valence-electron chi connectivity index (χ0n) is 21.0. The summed E-state index contributed by atoms with van der Waals surface area (Å²) in [6.45, 7) is 4.37. The number of ketones is 1. The molecule has 0 bridgehead atoms. The highest BCUT2D eigenvalue weighted by Crippen LogP contribution is 2.36. The van der Waals surface area contributed by atoms with Gasteiger partial charge in [0, 0.05) is 35.1 Å². The molecular formula is C25H30ClN5O5S2. The van der Waals surface area contributed by atoms with Crippen LogP contribution in [0.5, 0.6) is 0 Å². The maximum atomic E-state index is 13.5. The number of nitrogens with one attached hydrogen (secondary N) is 2. The van der Waals surface area contributed by atoms with Crippen molar-refractivity contribution >= 4 is 44.8 Å². The molecule has 204 valence electrons. The smallest absolute Gasteiger partial charge is 0.333 e. The van der Waals surface area contributed by atoms with Crippen LogP contribution < -0.4 is 15.8 Å². The topological polar surface area (TPSA) is 157 Å². The molecule has 0 amide bonds. The van der Waals surface area contributed by atoms with Crippen molar-refractivity contribution in [2.45, 2.75) is 38.8 Å². The Balaban J connectivity index is 1.52. The van der Waals surface area contributed by atoms with E-state index < -0.39 is 22.3 Å². The molecule has 0 spiro atoms. The first kappa shape index (κ1) is 28.6. The molecule has 2 aromatic heterocycles. The van der Waals surface area contributed by atoms with Crippen LogP contribution in [0.2, 0.25) is 5.02 Å². The molecule has 0 aliphatic carbocycles. The number of hydrogen-bond donors (Lipinski definition) is 4. The number of benzene rings is 1. The predicted octanol–water partition coefficient (Wildman–Crippen LogP) is 2.99. The Bertz CT molecular complexity index is 1410. The van der Waals surface area contributed by atoms with Gasteiger partial charge in [-0.2, -0.15) is 8.42 Å². The first-order valence-electron chi connectivity index (χ1n) is 12.1. The number of rotatable bonds is 11. The largest absolute Gasteiger partial charge is 0.391 e. The van der Waals surface area contributed by atoms with Crippen LogP contribution in [0.25, 0.3) is 0 Å². The van der Waals surface area contributed by atoms with Gasteiger partial charge in [-0.05, 0) is 54.7 Å². The van der Waals surface area contributed by atoms with Crippen LogP contribution in [0.3, 0.4) is 0 Å². The van der Waals surface area contributed by atoms with Crippen molar-refractivity contribution in [1.29, 1.82) is 0 Å². The molecule has 0 radical (unpaired) electrons. The Kier molecular flexibility index (Phi) is 9.14. The van der Waals surface area contributed by atoms with Crippen LogP contribution in [0, 0.1) is 12.8 Å². The molecule has 1 aliphatic rings. The van der Waals surface area contributed by atoms with Gasteiger partial charge in [-0.3, -0.25) is 8.98 Å². The van der Waals surface area contributed by atoms with E-state index in [4.69, 9.17) is 16.7 Å². The van der Waals surface area contributed by atoms with Crippen LogP contribution in [-0.2, 0) is 20.9 Å². The molecule has 0 saturated carbocycles. The van der Waals surface area contributed by atoms with Crippen molar-refractivity contribution < 1.29 is 22.5 Å². The van der Waals surface area contributed by atoms with Gasteiger partial charge in [-0.1, -0.05) is 24.6 Å². The Morgan fingerprint density at radius 2 is 2.16 bits per heavy atom. The van der Waals surface area contributed by atoms with Gasteiger partial charge in [0.15, 0.2) is 0 Å². The van der Waals surface area contributed by atoms with Crippen molar-refractivity contribution in [3.63, 3.8) is 0 Å². The fourth-order valence-corrected chi connectivity index (χ4v) is 6.07. The average molecular weight is 580 g/mol. The molecule has 3 atom stereocenters. The first-order chi connectivity index (χ1) is 18.1. The SMILES string of the molecule is CC[C@H](COS(N)(=O)=O)[C@@H](O)CNc1ncncc1C(=O)c1cc([C@@H]2NCCc3ccc(Cl)cc32)c(C)s1. The number of carbonyl (C=O) groups excluding carboxylic acids is 1. The standard InChI is InChI=1S/C25H30ClN5O5S2/c1-3-15(12-36-38(27,34)35)21(32)11-30-25-20(10-28-13-31-25)24(33)22-9-18(14(2)37-22)23-19-8-17(26)5-4-16(19)6-7-29-23/h4-5,8-10,13,15,21,23,29,32H,3,6-7,11-12H2,1-2H3,(H2,27,34,35)(H,28,30,31)/t15-,21+,23+/m1/s1. The van der Waals surface area contributed by atoms with Crippen LogP contribution in [0.4, 0.5) is 5.82 Å². The van der Waals surface area contributed by atoms with Gasteiger partial charge in [0.25, 0.3) is 0 Å². The number of halogens is 1. The van der Waals surface area contributed by atoms with E-state index in [1.165, 1.54) is 29.4 Å². The third-order valence-corrected chi connectivity index (χ3v) is 8.37. The number of aliphatic hydroxyl groups is 1. The fraction of sp³-hybridized carbons (Fsp3) is 0.400. The molecule has 0 unspecified atom stereocenters. The van der Waals surface area contributed by atoms with E-state index in [1.807, 2.05) is 25.1 Å². The number of carbonyl (C=O) groups is 1. The van der Waals surface area contributed by atoms with E-state index >= 15 is 0 Å². The maximum absolute atomic E-state index is 13.5. The summed E-state index contributed by atoms with van der Waals surface area (Å²) >= 11 is 7.68. The minimum absolute atomic E-state index is 0.0159. The third kappa shape index (κ3) is 6.75. The van der Waals surface area contributed by atoms with Crippen LogP contribution in [-0.4, -0.2) is 55.1 Å². The molecule has 1 aliphatic heterocycles. The molecule has 3 heterocycles. The van der Waals surface area contributed by atoms with Crippen LogP contribution in [0.15, 0.2) is 36.8 Å². The van der Waals surface area contributed by atoms with Gasteiger partial charge in [0.05, 0.1) is 29.2 Å².